The van der Waals surface area contributed by atoms with E-state index in [0.29, 0.717) is 11.4 Å². The molecule has 0 unspecified atom stereocenters. The minimum atomic E-state index is -0.149. The number of rotatable bonds is 4. The van der Waals surface area contributed by atoms with E-state index >= 15 is 0 Å². The van der Waals surface area contributed by atoms with Gasteiger partial charge < -0.3 is 15.0 Å². The van der Waals surface area contributed by atoms with Crippen LogP contribution >= 0.6 is 15.9 Å². The number of aliphatic hydroxyl groups is 1. The van der Waals surface area contributed by atoms with Crippen LogP contribution in [0.1, 0.15) is 23.0 Å². The molecule has 1 amide bonds. The molecule has 100 valence electrons. The van der Waals surface area contributed by atoms with Crippen LogP contribution in [0.15, 0.2) is 41.0 Å². The van der Waals surface area contributed by atoms with Gasteiger partial charge in [0.2, 0.25) is 0 Å². The molecule has 2 aromatic rings. The summed E-state index contributed by atoms with van der Waals surface area (Å²) in [6.07, 6.45) is 1.88. The van der Waals surface area contributed by atoms with Gasteiger partial charge in [-0.1, -0.05) is 12.1 Å². The third-order valence-electron chi connectivity index (χ3n) is 2.83. The van der Waals surface area contributed by atoms with E-state index in [1.165, 1.54) is 0 Å². The average Bonchev–Trinajstić information content (AvgIpc) is 2.81. The van der Waals surface area contributed by atoms with Crippen molar-refractivity contribution in [2.45, 2.75) is 20.1 Å². The Kier molecular flexibility index (Phi) is 4.39. The van der Waals surface area contributed by atoms with Gasteiger partial charge in [-0.25, -0.2) is 0 Å². The zero-order valence-corrected chi connectivity index (χ0v) is 12.1. The van der Waals surface area contributed by atoms with Crippen LogP contribution < -0.4 is 5.32 Å². The molecule has 0 aliphatic heterocycles. The van der Waals surface area contributed by atoms with E-state index in [1.54, 1.807) is 30.3 Å². The van der Waals surface area contributed by atoms with Gasteiger partial charge in [-0.05, 0) is 46.6 Å². The highest BCUT2D eigenvalue weighted by molar-refractivity contribution is 9.10. The molecule has 1 heterocycles. The van der Waals surface area contributed by atoms with Crippen LogP contribution in [0.5, 0.6) is 0 Å². The SMILES string of the molecule is CCn1cc(Br)cc1C(=O)Nc1ccc(CO)cc1. The average molecular weight is 323 g/mol. The fourth-order valence-corrected chi connectivity index (χ4v) is 2.28. The molecule has 0 aliphatic carbocycles. The molecular weight excluding hydrogens is 308 g/mol. The number of anilines is 1. The lowest BCUT2D eigenvalue weighted by molar-refractivity contribution is 0.101. The highest BCUT2D eigenvalue weighted by atomic mass is 79.9. The second kappa shape index (κ2) is 6.04. The van der Waals surface area contributed by atoms with E-state index in [1.807, 2.05) is 17.7 Å². The van der Waals surface area contributed by atoms with Crippen molar-refractivity contribution in [3.05, 3.63) is 52.3 Å². The maximum atomic E-state index is 12.2. The van der Waals surface area contributed by atoms with E-state index in [0.717, 1.165) is 16.6 Å². The Balaban J connectivity index is 2.15. The van der Waals surface area contributed by atoms with E-state index in [4.69, 9.17) is 5.11 Å². The molecule has 4 nitrogen and oxygen atoms in total. The van der Waals surface area contributed by atoms with Crippen molar-refractivity contribution in [2.24, 2.45) is 0 Å². The van der Waals surface area contributed by atoms with Crippen LogP contribution in [0.2, 0.25) is 0 Å². The fraction of sp³-hybridized carbons (Fsp3) is 0.214. The number of nitrogens with zero attached hydrogens (tertiary/aromatic N) is 1. The molecule has 1 aromatic heterocycles. The number of hydrogen-bond acceptors (Lipinski definition) is 2. The van der Waals surface area contributed by atoms with E-state index in [9.17, 15) is 4.79 Å². The highest BCUT2D eigenvalue weighted by Crippen LogP contribution is 2.17. The molecule has 0 saturated carbocycles. The number of aliphatic hydroxyl groups excluding tert-OH is 1. The summed E-state index contributed by atoms with van der Waals surface area (Å²) in [6.45, 7) is 2.72. The molecule has 0 saturated heterocycles. The molecule has 19 heavy (non-hydrogen) atoms. The number of carbonyl (C=O) groups excluding carboxylic acids is 1. The van der Waals surface area contributed by atoms with Crippen LogP contribution in [-0.2, 0) is 13.2 Å². The first-order valence-electron chi connectivity index (χ1n) is 6.01. The number of aromatic nitrogens is 1. The normalized spacial score (nSPS) is 10.5. The van der Waals surface area contributed by atoms with Crippen molar-refractivity contribution in [3.8, 4) is 0 Å². The maximum Gasteiger partial charge on any atom is 0.272 e. The number of benzene rings is 1. The second-order valence-corrected chi connectivity index (χ2v) is 5.05. The van der Waals surface area contributed by atoms with Crippen LogP contribution in [0, 0.1) is 0 Å². The van der Waals surface area contributed by atoms with Gasteiger partial charge in [0.1, 0.15) is 5.69 Å². The molecule has 2 rings (SSSR count). The van der Waals surface area contributed by atoms with Crippen molar-refractivity contribution in [1.82, 2.24) is 4.57 Å². The third kappa shape index (κ3) is 3.24. The Hall–Kier alpha value is -1.59. The topological polar surface area (TPSA) is 54.3 Å². The maximum absolute atomic E-state index is 12.2. The third-order valence-corrected chi connectivity index (χ3v) is 3.26. The minimum absolute atomic E-state index is 0.000140. The Morgan fingerprint density at radius 3 is 2.63 bits per heavy atom. The van der Waals surface area contributed by atoms with Crippen molar-refractivity contribution < 1.29 is 9.90 Å². The van der Waals surface area contributed by atoms with Gasteiger partial charge in [0.25, 0.3) is 5.91 Å². The Labute approximate surface area is 120 Å². The van der Waals surface area contributed by atoms with Crippen LogP contribution in [-0.4, -0.2) is 15.6 Å². The van der Waals surface area contributed by atoms with Crippen molar-refractivity contribution >= 4 is 27.5 Å². The molecular formula is C14H15BrN2O2. The first-order valence-corrected chi connectivity index (χ1v) is 6.80. The van der Waals surface area contributed by atoms with E-state index in [2.05, 4.69) is 21.2 Å². The summed E-state index contributed by atoms with van der Waals surface area (Å²) in [6, 6.07) is 8.91. The van der Waals surface area contributed by atoms with Gasteiger partial charge in [0, 0.05) is 22.9 Å². The summed E-state index contributed by atoms with van der Waals surface area (Å²) in [5, 5.41) is 11.8. The Morgan fingerprint density at radius 2 is 2.05 bits per heavy atom. The first-order chi connectivity index (χ1) is 9.13. The molecule has 1 aromatic carbocycles. The molecule has 0 fully saturated rings. The molecule has 0 aliphatic rings. The van der Waals surface area contributed by atoms with Gasteiger partial charge in [0.15, 0.2) is 0 Å². The summed E-state index contributed by atoms with van der Waals surface area (Å²) < 4.78 is 2.76. The van der Waals surface area contributed by atoms with Crippen LogP contribution in [0.3, 0.4) is 0 Å². The predicted octanol–water partition coefficient (Wildman–Crippen LogP) is 3.02. The van der Waals surface area contributed by atoms with Gasteiger partial charge in [0.05, 0.1) is 6.61 Å². The summed E-state index contributed by atoms with van der Waals surface area (Å²) in [5.41, 5.74) is 2.14. The quantitative estimate of drug-likeness (QED) is 0.909. The summed E-state index contributed by atoms with van der Waals surface area (Å²) >= 11 is 3.37. The highest BCUT2D eigenvalue weighted by Gasteiger charge is 2.12. The zero-order chi connectivity index (χ0) is 13.8. The van der Waals surface area contributed by atoms with Crippen molar-refractivity contribution in [1.29, 1.82) is 0 Å². The lowest BCUT2D eigenvalue weighted by Gasteiger charge is -2.08. The largest absolute Gasteiger partial charge is 0.392 e. The van der Waals surface area contributed by atoms with Crippen molar-refractivity contribution in [2.75, 3.05) is 5.32 Å². The smallest absolute Gasteiger partial charge is 0.272 e. The molecule has 5 heteroatoms. The molecule has 0 radical (unpaired) electrons. The number of halogens is 1. The van der Waals surface area contributed by atoms with Gasteiger partial charge >= 0.3 is 0 Å². The monoisotopic (exact) mass is 322 g/mol. The zero-order valence-electron chi connectivity index (χ0n) is 10.6. The Morgan fingerprint density at radius 1 is 1.37 bits per heavy atom. The molecule has 2 N–H and O–H groups in total. The minimum Gasteiger partial charge on any atom is -0.392 e. The van der Waals surface area contributed by atoms with Gasteiger partial charge in [-0.2, -0.15) is 0 Å². The van der Waals surface area contributed by atoms with Gasteiger partial charge in [-0.3, -0.25) is 4.79 Å². The lowest BCUT2D eigenvalue weighted by Crippen LogP contribution is -2.16. The molecule has 0 spiro atoms. The number of carbonyl (C=O) groups is 1. The summed E-state index contributed by atoms with van der Waals surface area (Å²) in [7, 11) is 0. The predicted molar refractivity (Wildman–Crippen MR) is 78.1 cm³/mol. The fourth-order valence-electron chi connectivity index (χ4n) is 1.82. The number of amides is 1. The number of nitrogens with one attached hydrogen (secondary N) is 1. The molecule has 0 bridgehead atoms. The standard InChI is InChI=1S/C14H15BrN2O2/c1-2-17-8-11(15)7-13(17)14(19)16-12-5-3-10(9-18)4-6-12/h3-8,18H,2,9H2,1H3,(H,16,19). The Bertz CT molecular complexity index is 576. The second-order valence-electron chi connectivity index (χ2n) is 4.14. The van der Waals surface area contributed by atoms with Crippen LogP contribution in [0.4, 0.5) is 5.69 Å². The molecule has 0 atom stereocenters. The van der Waals surface area contributed by atoms with Gasteiger partial charge in [-0.15, -0.1) is 0 Å². The summed E-state index contributed by atoms with van der Waals surface area (Å²) in [5.74, 6) is -0.149. The summed E-state index contributed by atoms with van der Waals surface area (Å²) in [4.78, 5) is 12.2. The number of hydrogen-bond donors (Lipinski definition) is 2. The van der Waals surface area contributed by atoms with Crippen molar-refractivity contribution in [3.63, 3.8) is 0 Å². The lowest BCUT2D eigenvalue weighted by atomic mass is 10.2. The first kappa shape index (κ1) is 13.8. The van der Waals surface area contributed by atoms with Crippen LogP contribution in [0.25, 0.3) is 0 Å². The number of aryl methyl sites for hydroxylation is 1. The van der Waals surface area contributed by atoms with E-state index in [-0.39, 0.29) is 12.5 Å². The van der Waals surface area contributed by atoms with E-state index < -0.39 is 0 Å².